The van der Waals surface area contributed by atoms with E-state index in [4.69, 9.17) is 9.47 Å². The third-order valence-corrected chi connectivity index (χ3v) is 7.02. The van der Waals surface area contributed by atoms with Crippen molar-refractivity contribution in [1.82, 2.24) is 10.2 Å². The van der Waals surface area contributed by atoms with Crippen LogP contribution in [0.3, 0.4) is 0 Å². The lowest BCUT2D eigenvalue weighted by molar-refractivity contribution is -0.139. The van der Waals surface area contributed by atoms with Crippen LogP contribution in [0.5, 0.6) is 11.5 Å². The summed E-state index contributed by atoms with van der Waals surface area (Å²) in [4.78, 5) is 28.3. The van der Waals surface area contributed by atoms with Gasteiger partial charge in [-0.1, -0.05) is 51.1 Å². The molecule has 10 heteroatoms. The second kappa shape index (κ2) is 13.9. The number of carbonyl (C=O) groups excluding carboxylic acids is 2. The molecule has 204 valence electrons. The zero-order chi connectivity index (χ0) is 27.6. The van der Waals surface area contributed by atoms with Crippen LogP contribution in [0, 0.1) is 5.92 Å². The van der Waals surface area contributed by atoms with Crippen LogP contribution in [0.4, 0.5) is 5.69 Å². The monoisotopic (exact) mass is 533 g/mol. The maximum atomic E-state index is 13.7. The van der Waals surface area contributed by atoms with E-state index < -0.39 is 28.5 Å². The van der Waals surface area contributed by atoms with Gasteiger partial charge in [-0.05, 0) is 36.5 Å². The number of hydrogen-bond acceptors (Lipinski definition) is 6. The van der Waals surface area contributed by atoms with Crippen LogP contribution >= 0.6 is 0 Å². The first-order valence-corrected chi connectivity index (χ1v) is 14.2. The van der Waals surface area contributed by atoms with Crippen molar-refractivity contribution < 1.29 is 27.5 Å². The van der Waals surface area contributed by atoms with Crippen molar-refractivity contribution in [3.63, 3.8) is 0 Å². The Morgan fingerprint density at radius 1 is 1.03 bits per heavy atom. The molecule has 2 aromatic carbocycles. The quantitative estimate of drug-likeness (QED) is 0.400. The van der Waals surface area contributed by atoms with E-state index in [0.717, 1.165) is 16.1 Å². The van der Waals surface area contributed by atoms with E-state index >= 15 is 0 Å². The van der Waals surface area contributed by atoms with Gasteiger partial charge < -0.3 is 19.7 Å². The Labute approximate surface area is 220 Å². The summed E-state index contributed by atoms with van der Waals surface area (Å²) in [5.41, 5.74) is 1.22. The lowest BCUT2D eigenvalue weighted by atomic mass is 10.1. The Bertz CT molecular complexity index is 1140. The normalized spacial score (nSPS) is 12.1. The molecule has 0 bridgehead atoms. The first-order chi connectivity index (χ1) is 17.5. The molecular weight excluding hydrogens is 494 g/mol. The fourth-order valence-corrected chi connectivity index (χ4v) is 4.76. The summed E-state index contributed by atoms with van der Waals surface area (Å²) >= 11 is 0. The topological polar surface area (TPSA) is 105 Å². The minimum atomic E-state index is -3.88. The SMILES string of the molecule is CC[C@H](C(=O)NCC(C)C)N(CCc1ccccc1)C(=O)CN(c1ccc(OC)cc1OC)S(C)(=O)=O. The number of ether oxygens (including phenoxy) is 2. The smallest absolute Gasteiger partial charge is 0.244 e. The largest absolute Gasteiger partial charge is 0.497 e. The van der Waals surface area contributed by atoms with Gasteiger partial charge in [-0.15, -0.1) is 0 Å². The van der Waals surface area contributed by atoms with Crippen LogP contribution in [0.2, 0.25) is 0 Å². The molecule has 2 rings (SSSR count). The molecule has 0 aliphatic heterocycles. The number of amides is 2. The summed E-state index contributed by atoms with van der Waals surface area (Å²) in [6.45, 7) is 6.08. The van der Waals surface area contributed by atoms with Crippen molar-refractivity contribution in [2.24, 2.45) is 5.92 Å². The maximum absolute atomic E-state index is 13.7. The molecule has 0 fully saturated rings. The maximum Gasteiger partial charge on any atom is 0.244 e. The Morgan fingerprint density at radius 3 is 2.24 bits per heavy atom. The number of carbonyl (C=O) groups is 2. The number of nitrogens with one attached hydrogen (secondary N) is 1. The number of hydrogen-bond donors (Lipinski definition) is 1. The van der Waals surface area contributed by atoms with E-state index in [1.165, 1.54) is 25.2 Å². The first kappa shape index (κ1) is 30.0. The minimum Gasteiger partial charge on any atom is -0.497 e. The van der Waals surface area contributed by atoms with Gasteiger partial charge in [0.05, 0.1) is 26.2 Å². The highest BCUT2D eigenvalue weighted by atomic mass is 32.2. The van der Waals surface area contributed by atoms with Crippen LogP contribution in [0.1, 0.15) is 32.8 Å². The fourth-order valence-electron chi connectivity index (χ4n) is 3.90. The second-order valence-corrected chi connectivity index (χ2v) is 11.1. The predicted octanol–water partition coefficient (Wildman–Crippen LogP) is 3.09. The molecule has 2 amide bonds. The Hall–Kier alpha value is -3.27. The van der Waals surface area contributed by atoms with Crippen molar-refractivity contribution in [3.8, 4) is 11.5 Å². The first-order valence-electron chi connectivity index (χ1n) is 12.3. The zero-order valence-corrected chi connectivity index (χ0v) is 23.4. The van der Waals surface area contributed by atoms with Crippen molar-refractivity contribution in [1.29, 1.82) is 0 Å². The molecule has 0 radical (unpaired) electrons. The molecule has 1 N–H and O–H groups in total. The van der Waals surface area contributed by atoms with Crippen LogP contribution in [-0.4, -0.2) is 71.3 Å². The van der Waals surface area contributed by atoms with E-state index in [-0.39, 0.29) is 29.8 Å². The van der Waals surface area contributed by atoms with Crippen molar-refractivity contribution in [2.75, 3.05) is 44.4 Å². The minimum absolute atomic E-state index is 0.208. The lowest BCUT2D eigenvalue weighted by Crippen LogP contribution is -2.53. The molecule has 37 heavy (non-hydrogen) atoms. The Kier molecular flexibility index (Phi) is 11.2. The molecule has 0 saturated heterocycles. The second-order valence-electron chi connectivity index (χ2n) is 9.19. The Morgan fingerprint density at radius 2 is 1.70 bits per heavy atom. The lowest BCUT2D eigenvalue weighted by Gasteiger charge is -2.33. The van der Waals surface area contributed by atoms with Gasteiger partial charge in [0.25, 0.3) is 0 Å². The number of nitrogens with zero attached hydrogens (tertiary/aromatic N) is 2. The molecule has 0 saturated carbocycles. The van der Waals surface area contributed by atoms with Gasteiger partial charge in [0.2, 0.25) is 21.8 Å². The average molecular weight is 534 g/mol. The molecule has 9 nitrogen and oxygen atoms in total. The standard InChI is InChI=1S/C27H39N3O6S/c1-7-23(27(32)28-18-20(2)3)29(16-15-21-11-9-8-10-12-21)26(31)19-30(37(6,33)34)24-14-13-22(35-4)17-25(24)36-5/h8-14,17,20,23H,7,15-16,18-19H2,1-6H3,(H,28,32)/t23-/m1/s1. The van der Waals surface area contributed by atoms with Crippen LogP contribution in [0.25, 0.3) is 0 Å². The van der Waals surface area contributed by atoms with E-state index in [1.54, 1.807) is 12.1 Å². The van der Waals surface area contributed by atoms with Crippen molar-refractivity contribution in [2.45, 2.75) is 39.7 Å². The molecule has 0 aromatic heterocycles. The molecule has 0 spiro atoms. The van der Waals surface area contributed by atoms with Gasteiger partial charge in [0.15, 0.2) is 0 Å². The van der Waals surface area contributed by atoms with Gasteiger partial charge >= 0.3 is 0 Å². The molecule has 0 unspecified atom stereocenters. The molecule has 0 aliphatic carbocycles. The average Bonchev–Trinajstić information content (AvgIpc) is 2.87. The van der Waals surface area contributed by atoms with Gasteiger partial charge in [-0.3, -0.25) is 13.9 Å². The number of benzene rings is 2. The van der Waals surface area contributed by atoms with Crippen molar-refractivity contribution >= 4 is 27.5 Å². The molecule has 0 heterocycles. The number of anilines is 1. The van der Waals surface area contributed by atoms with Gasteiger partial charge in [-0.25, -0.2) is 8.42 Å². The molecule has 1 atom stereocenters. The number of rotatable bonds is 14. The highest BCUT2D eigenvalue weighted by Crippen LogP contribution is 2.33. The van der Waals surface area contributed by atoms with Crippen molar-refractivity contribution in [3.05, 3.63) is 54.1 Å². The highest BCUT2D eigenvalue weighted by Gasteiger charge is 2.32. The summed E-state index contributed by atoms with van der Waals surface area (Å²) in [7, 11) is -0.968. The third kappa shape index (κ3) is 8.66. The Balaban J connectivity index is 2.42. The number of methoxy groups -OCH3 is 2. The zero-order valence-electron chi connectivity index (χ0n) is 22.6. The van der Waals surface area contributed by atoms with Gasteiger partial charge in [0.1, 0.15) is 24.1 Å². The van der Waals surface area contributed by atoms with Gasteiger partial charge in [0, 0.05) is 19.2 Å². The third-order valence-electron chi connectivity index (χ3n) is 5.89. The predicted molar refractivity (Wildman–Crippen MR) is 146 cm³/mol. The summed E-state index contributed by atoms with van der Waals surface area (Å²) in [5.74, 6) is 0.238. The summed E-state index contributed by atoms with van der Waals surface area (Å²) in [5, 5.41) is 2.91. The molecule has 2 aromatic rings. The van der Waals surface area contributed by atoms with Crippen LogP contribution in [-0.2, 0) is 26.0 Å². The molecular formula is C27H39N3O6S. The van der Waals surface area contributed by atoms with Crippen LogP contribution < -0.4 is 19.1 Å². The van der Waals surface area contributed by atoms with Crippen LogP contribution in [0.15, 0.2) is 48.5 Å². The molecule has 0 aliphatic rings. The van der Waals surface area contributed by atoms with Gasteiger partial charge in [-0.2, -0.15) is 0 Å². The fraction of sp³-hybridized carbons (Fsp3) is 0.481. The van der Waals surface area contributed by atoms with E-state index in [1.807, 2.05) is 51.1 Å². The van der Waals surface area contributed by atoms with E-state index in [2.05, 4.69) is 5.32 Å². The number of sulfonamides is 1. The highest BCUT2D eigenvalue weighted by molar-refractivity contribution is 7.92. The van der Waals surface area contributed by atoms with E-state index in [0.29, 0.717) is 25.1 Å². The summed E-state index contributed by atoms with van der Waals surface area (Å²) < 4.78 is 37.3. The summed E-state index contributed by atoms with van der Waals surface area (Å²) in [6, 6.07) is 13.6. The summed E-state index contributed by atoms with van der Waals surface area (Å²) in [6.07, 6.45) is 1.94. The van der Waals surface area contributed by atoms with E-state index in [9.17, 15) is 18.0 Å².